The monoisotopic (exact) mass is 407 g/mol. The van der Waals surface area contributed by atoms with Crippen molar-refractivity contribution in [3.05, 3.63) is 89.7 Å². The second-order valence-electron chi connectivity index (χ2n) is 6.55. The van der Waals surface area contributed by atoms with Gasteiger partial charge in [0.05, 0.1) is 5.56 Å². The van der Waals surface area contributed by atoms with Gasteiger partial charge < -0.3 is 19.5 Å². The van der Waals surface area contributed by atoms with Crippen LogP contribution in [-0.2, 0) is 9.53 Å². The first kappa shape index (κ1) is 19.4. The number of halogens is 1. The number of hydrogen-bond acceptors (Lipinski definition) is 5. The lowest BCUT2D eigenvalue weighted by Crippen LogP contribution is -2.26. The van der Waals surface area contributed by atoms with Gasteiger partial charge in [0.25, 0.3) is 5.91 Å². The Morgan fingerprint density at radius 3 is 2.33 bits per heavy atom. The van der Waals surface area contributed by atoms with Crippen molar-refractivity contribution in [2.24, 2.45) is 0 Å². The first-order valence-electron chi connectivity index (χ1n) is 9.32. The van der Waals surface area contributed by atoms with Crippen molar-refractivity contribution in [1.82, 2.24) is 0 Å². The molecule has 3 aromatic carbocycles. The predicted molar refractivity (Wildman–Crippen MR) is 107 cm³/mol. The van der Waals surface area contributed by atoms with Crippen molar-refractivity contribution >= 4 is 17.6 Å². The number of carbonyl (C=O) groups excluding carboxylic acids is 2. The molecule has 3 aromatic rings. The van der Waals surface area contributed by atoms with E-state index in [2.05, 4.69) is 5.32 Å². The number of fused-ring (bicyclic) bond motifs is 1. The first-order chi connectivity index (χ1) is 14.6. The highest BCUT2D eigenvalue weighted by atomic mass is 19.1. The number of esters is 1. The maximum atomic E-state index is 13.1. The number of nitrogens with one attached hydrogen (secondary N) is 1. The summed E-state index contributed by atoms with van der Waals surface area (Å²) >= 11 is 0. The largest absolute Gasteiger partial charge is 0.486 e. The summed E-state index contributed by atoms with van der Waals surface area (Å²) in [5.41, 5.74) is 1.12. The molecule has 1 aliphatic heterocycles. The first-order valence-corrected chi connectivity index (χ1v) is 9.32. The third-order valence-electron chi connectivity index (χ3n) is 4.45. The molecule has 0 aromatic heterocycles. The van der Waals surface area contributed by atoms with Crippen LogP contribution in [0.15, 0.2) is 72.8 Å². The van der Waals surface area contributed by atoms with E-state index in [1.165, 1.54) is 30.3 Å². The standard InChI is InChI=1S/C23H18FNO5/c24-17-7-9-18(10-8-17)25-22(26)21(15-4-2-1-3-5-15)30-23(27)16-6-11-19-20(14-16)29-13-12-28-19/h1-11,14,21H,12-13H2,(H,25,26). The minimum Gasteiger partial charge on any atom is -0.486 e. The average Bonchev–Trinajstić information content (AvgIpc) is 2.79. The Morgan fingerprint density at radius 2 is 1.60 bits per heavy atom. The Morgan fingerprint density at radius 1 is 0.900 bits per heavy atom. The summed E-state index contributed by atoms with van der Waals surface area (Å²) in [4.78, 5) is 25.6. The van der Waals surface area contributed by atoms with Gasteiger partial charge in [-0.2, -0.15) is 0 Å². The van der Waals surface area contributed by atoms with E-state index < -0.39 is 23.8 Å². The maximum Gasteiger partial charge on any atom is 0.339 e. The van der Waals surface area contributed by atoms with E-state index in [4.69, 9.17) is 14.2 Å². The second-order valence-corrected chi connectivity index (χ2v) is 6.55. The van der Waals surface area contributed by atoms with Crippen LogP contribution in [0.4, 0.5) is 10.1 Å². The molecule has 1 unspecified atom stereocenters. The van der Waals surface area contributed by atoms with Crippen LogP contribution in [-0.4, -0.2) is 25.1 Å². The van der Waals surface area contributed by atoms with Crippen molar-refractivity contribution in [3.63, 3.8) is 0 Å². The van der Waals surface area contributed by atoms with Crippen LogP contribution in [0, 0.1) is 5.82 Å². The molecular weight excluding hydrogens is 389 g/mol. The Labute approximate surface area is 172 Å². The summed E-state index contributed by atoms with van der Waals surface area (Å²) in [6.07, 6.45) is -1.20. The van der Waals surface area contributed by atoms with Gasteiger partial charge in [0.2, 0.25) is 6.10 Å². The fourth-order valence-electron chi connectivity index (χ4n) is 2.99. The van der Waals surface area contributed by atoms with Gasteiger partial charge in [0, 0.05) is 11.3 Å². The number of benzene rings is 3. The highest BCUT2D eigenvalue weighted by Gasteiger charge is 2.26. The Bertz CT molecular complexity index is 1050. The van der Waals surface area contributed by atoms with Gasteiger partial charge in [-0.1, -0.05) is 30.3 Å². The number of carbonyl (C=O) groups is 2. The molecule has 0 radical (unpaired) electrons. The van der Waals surface area contributed by atoms with E-state index in [1.54, 1.807) is 42.5 Å². The zero-order valence-corrected chi connectivity index (χ0v) is 15.8. The number of rotatable bonds is 5. The molecule has 1 heterocycles. The van der Waals surface area contributed by atoms with Gasteiger partial charge in [-0.3, -0.25) is 4.79 Å². The average molecular weight is 407 g/mol. The molecule has 4 rings (SSSR count). The molecule has 7 heteroatoms. The number of ether oxygens (including phenoxy) is 3. The zero-order chi connectivity index (χ0) is 20.9. The van der Waals surface area contributed by atoms with E-state index in [0.29, 0.717) is 36.0 Å². The summed E-state index contributed by atoms with van der Waals surface area (Å²) in [6, 6.07) is 18.7. The summed E-state index contributed by atoms with van der Waals surface area (Å²) in [7, 11) is 0. The van der Waals surface area contributed by atoms with Crippen molar-refractivity contribution in [2.75, 3.05) is 18.5 Å². The summed E-state index contributed by atoms with van der Waals surface area (Å²) in [5, 5.41) is 2.65. The van der Waals surface area contributed by atoms with Crippen LogP contribution in [0.1, 0.15) is 22.0 Å². The van der Waals surface area contributed by atoms with Gasteiger partial charge in [-0.15, -0.1) is 0 Å². The molecule has 0 fully saturated rings. The van der Waals surface area contributed by atoms with E-state index in [-0.39, 0.29) is 5.56 Å². The molecule has 30 heavy (non-hydrogen) atoms. The lowest BCUT2D eigenvalue weighted by atomic mass is 10.1. The third kappa shape index (κ3) is 4.41. The summed E-state index contributed by atoms with van der Waals surface area (Å²) in [6.45, 7) is 0.828. The van der Waals surface area contributed by atoms with Crippen LogP contribution in [0.2, 0.25) is 0 Å². The van der Waals surface area contributed by atoms with Gasteiger partial charge in [-0.05, 0) is 42.5 Å². The van der Waals surface area contributed by atoms with E-state index in [1.807, 2.05) is 0 Å². The highest BCUT2D eigenvalue weighted by molar-refractivity contribution is 5.98. The minimum absolute atomic E-state index is 0.231. The van der Waals surface area contributed by atoms with Crippen molar-refractivity contribution in [3.8, 4) is 11.5 Å². The molecule has 0 spiro atoms. The predicted octanol–water partition coefficient (Wildman–Crippen LogP) is 4.13. The van der Waals surface area contributed by atoms with Crippen molar-refractivity contribution < 1.29 is 28.2 Å². The molecule has 1 amide bonds. The molecule has 0 saturated heterocycles. The molecule has 1 atom stereocenters. The van der Waals surface area contributed by atoms with Crippen molar-refractivity contribution in [2.45, 2.75) is 6.10 Å². The SMILES string of the molecule is O=C(OC(C(=O)Nc1ccc(F)cc1)c1ccccc1)c1ccc2c(c1)OCCO2. The van der Waals surface area contributed by atoms with Crippen LogP contribution in [0.5, 0.6) is 11.5 Å². The topological polar surface area (TPSA) is 73.9 Å². The summed E-state index contributed by atoms with van der Waals surface area (Å²) in [5.74, 6) is -0.666. The van der Waals surface area contributed by atoms with Gasteiger partial charge >= 0.3 is 5.97 Å². The number of anilines is 1. The Kier molecular flexibility index (Phi) is 5.61. The molecule has 1 aliphatic rings. The molecule has 6 nitrogen and oxygen atoms in total. The van der Waals surface area contributed by atoms with E-state index in [9.17, 15) is 14.0 Å². The van der Waals surface area contributed by atoms with Crippen LogP contribution in [0.3, 0.4) is 0 Å². The molecule has 0 aliphatic carbocycles. The minimum atomic E-state index is -1.20. The molecular formula is C23H18FNO5. The smallest absolute Gasteiger partial charge is 0.339 e. The van der Waals surface area contributed by atoms with Crippen molar-refractivity contribution in [1.29, 1.82) is 0 Å². The lowest BCUT2D eigenvalue weighted by molar-refractivity contribution is -0.125. The van der Waals surface area contributed by atoms with Crippen LogP contribution in [0.25, 0.3) is 0 Å². The maximum absolute atomic E-state index is 13.1. The third-order valence-corrected chi connectivity index (χ3v) is 4.45. The fraction of sp³-hybridized carbons (Fsp3) is 0.130. The molecule has 0 bridgehead atoms. The fourth-order valence-corrected chi connectivity index (χ4v) is 2.99. The molecule has 0 saturated carbocycles. The van der Waals surface area contributed by atoms with Crippen LogP contribution >= 0.6 is 0 Å². The quantitative estimate of drug-likeness (QED) is 0.644. The van der Waals surface area contributed by atoms with Gasteiger partial charge in [-0.25, -0.2) is 9.18 Å². The molecule has 1 N–H and O–H groups in total. The normalized spacial score (nSPS) is 13.2. The Balaban J connectivity index is 1.56. The van der Waals surface area contributed by atoms with E-state index >= 15 is 0 Å². The van der Waals surface area contributed by atoms with E-state index in [0.717, 1.165) is 0 Å². The van der Waals surface area contributed by atoms with Crippen LogP contribution < -0.4 is 14.8 Å². The zero-order valence-electron chi connectivity index (χ0n) is 15.8. The van der Waals surface area contributed by atoms with Gasteiger partial charge in [0.1, 0.15) is 19.0 Å². The molecule has 152 valence electrons. The lowest BCUT2D eigenvalue weighted by Gasteiger charge is -2.20. The van der Waals surface area contributed by atoms with Gasteiger partial charge in [0.15, 0.2) is 11.5 Å². The Hall–Kier alpha value is -3.87. The summed E-state index contributed by atoms with van der Waals surface area (Å²) < 4.78 is 29.6. The highest BCUT2D eigenvalue weighted by Crippen LogP contribution is 2.31. The number of amides is 1. The number of hydrogen-bond donors (Lipinski definition) is 1. The second kappa shape index (κ2) is 8.65.